The first kappa shape index (κ1) is 9.26. The van der Waals surface area contributed by atoms with E-state index < -0.39 is 0 Å². The molecule has 2 N–H and O–H groups in total. The zero-order valence-electron chi connectivity index (χ0n) is 7.50. The Morgan fingerprint density at radius 2 is 2.42 bits per heavy atom. The highest BCUT2D eigenvalue weighted by molar-refractivity contribution is 7.12. The lowest BCUT2D eigenvalue weighted by Gasteiger charge is -1.97. The van der Waals surface area contributed by atoms with Crippen molar-refractivity contribution in [2.45, 2.75) is 20.3 Å². The molecule has 1 rings (SSSR count). The molecule has 66 valence electrons. The van der Waals surface area contributed by atoms with Crippen LogP contribution < -0.4 is 5.73 Å². The number of thiophene rings is 1. The summed E-state index contributed by atoms with van der Waals surface area (Å²) in [5.41, 5.74) is 7.01. The summed E-state index contributed by atoms with van der Waals surface area (Å²) in [6.07, 6.45) is 1.05. The molecule has 0 bridgehead atoms. The Hall–Kier alpha value is -0.830. The molecule has 0 aliphatic rings. The van der Waals surface area contributed by atoms with Crippen LogP contribution in [0.15, 0.2) is 16.4 Å². The van der Waals surface area contributed by atoms with Gasteiger partial charge in [-0.1, -0.05) is 6.92 Å². The molecule has 0 saturated heterocycles. The van der Waals surface area contributed by atoms with Gasteiger partial charge in [-0.3, -0.25) is 4.99 Å². The predicted molar refractivity (Wildman–Crippen MR) is 54.9 cm³/mol. The molecule has 0 saturated carbocycles. The monoisotopic (exact) mass is 182 g/mol. The summed E-state index contributed by atoms with van der Waals surface area (Å²) >= 11 is 1.65. The van der Waals surface area contributed by atoms with E-state index in [1.54, 1.807) is 11.3 Å². The van der Waals surface area contributed by atoms with Crippen LogP contribution in [0.3, 0.4) is 0 Å². The smallest absolute Gasteiger partial charge is 0.136 e. The summed E-state index contributed by atoms with van der Waals surface area (Å²) in [7, 11) is 0. The van der Waals surface area contributed by atoms with Crippen LogP contribution in [-0.4, -0.2) is 12.4 Å². The highest BCUT2D eigenvalue weighted by Crippen LogP contribution is 2.14. The maximum absolute atomic E-state index is 5.79. The number of rotatable bonds is 3. The maximum atomic E-state index is 5.79. The highest BCUT2D eigenvalue weighted by Gasteiger charge is 2.02. The Labute approximate surface area is 77.1 Å². The minimum atomic E-state index is 0.685. The van der Waals surface area contributed by atoms with Crippen molar-refractivity contribution >= 4 is 17.2 Å². The third-order valence-corrected chi connectivity index (χ3v) is 2.64. The predicted octanol–water partition coefficient (Wildman–Crippen LogP) is 2.17. The summed E-state index contributed by atoms with van der Waals surface area (Å²) in [6.45, 7) is 4.97. The van der Waals surface area contributed by atoms with E-state index in [2.05, 4.69) is 24.9 Å². The molecule has 12 heavy (non-hydrogen) atoms. The molecule has 3 heteroatoms. The van der Waals surface area contributed by atoms with Crippen molar-refractivity contribution in [3.8, 4) is 0 Å². The lowest BCUT2D eigenvalue weighted by atomic mass is 10.3. The lowest BCUT2D eigenvalue weighted by molar-refractivity contribution is 0.931. The topological polar surface area (TPSA) is 38.4 Å². The van der Waals surface area contributed by atoms with Crippen LogP contribution in [0.1, 0.15) is 23.8 Å². The van der Waals surface area contributed by atoms with Gasteiger partial charge in [0.1, 0.15) is 5.84 Å². The number of hydrogen-bond acceptors (Lipinski definition) is 2. The van der Waals surface area contributed by atoms with Crippen molar-refractivity contribution in [3.05, 3.63) is 21.9 Å². The zero-order valence-corrected chi connectivity index (χ0v) is 8.32. The Bertz CT molecular complexity index is 276. The summed E-state index contributed by atoms with van der Waals surface area (Å²) in [5, 5.41) is 2.04. The first-order chi connectivity index (χ1) is 5.75. The Morgan fingerprint density at radius 1 is 1.67 bits per heavy atom. The van der Waals surface area contributed by atoms with Gasteiger partial charge in [-0.2, -0.15) is 0 Å². The summed E-state index contributed by atoms with van der Waals surface area (Å²) in [5.74, 6) is 0.685. The summed E-state index contributed by atoms with van der Waals surface area (Å²) in [4.78, 5) is 5.37. The summed E-state index contributed by atoms with van der Waals surface area (Å²) < 4.78 is 0. The molecule has 0 atom stereocenters. The van der Waals surface area contributed by atoms with Crippen molar-refractivity contribution < 1.29 is 0 Å². The number of aliphatic imine (C=N–C) groups is 1. The van der Waals surface area contributed by atoms with Gasteiger partial charge in [0.2, 0.25) is 0 Å². The average molecular weight is 182 g/mol. The first-order valence-corrected chi connectivity index (χ1v) is 4.98. The van der Waals surface area contributed by atoms with Gasteiger partial charge in [0, 0.05) is 6.54 Å². The van der Waals surface area contributed by atoms with Crippen LogP contribution in [0.25, 0.3) is 0 Å². The molecule has 0 fully saturated rings. The van der Waals surface area contributed by atoms with E-state index in [0.717, 1.165) is 17.8 Å². The molecule has 1 aromatic heterocycles. The van der Waals surface area contributed by atoms with E-state index in [0.29, 0.717) is 5.84 Å². The quantitative estimate of drug-likeness (QED) is 0.564. The van der Waals surface area contributed by atoms with Crippen LogP contribution in [0.2, 0.25) is 0 Å². The van der Waals surface area contributed by atoms with E-state index in [1.807, 2.05) is 5.38 Å². The van der Waals surface area contributed by atoms with Gasteiger partial charge in [-0.15, -0.1) is 11.3 Å². The summed E-state index contributed by atoms with van der Waals surface area (Å²) in [6, 6.07) is 2.06. The van der Waals surface area contributed by atoms with E-state index in [1.165, 1.54) is 5.56 Å². The van der Waals surface area contributed by atoms with Gasteiger partial charge in [0.25, 0.3) is 0 Å². The van der Waals surface area contributed by atoms with E-state index in [-0.39, 0.29) is 0 Å². The molecule has 0 unspecified atom stereocenters. The number of aryl methyl sites for hydroxylation is 1. The van der Waals surface area contributed by atoms with Crippen molar-refractivity contribution in [3.63, 3.8) is 0 Å². The Balaban J connectivity index is 2.77. The molecular formula is C9H14N2S. The maximum Gasteiger partial charge on any atom is 0.136 e. The molecule has 2 nitrogen and oxygen atoms in total. The normalized spacial score (nSPS) is 12.0. The second-order valence-electron chi connectivity index (χ2n) is 2.70. The first-order valence-electron chi connectivity index (χ1n) is 4.10. The lowest BCUT2D eigenvalue weighted by Crippen LogP contribution is -2.13. The fourth-order valence-electron chi connectivity index (χ4n) is 0.939. The van der Waals surface area contributed by atoms with Gasteiger partial charge in [-0.05, 0) is 30.4 Å². The minimum Gasteiger partial charge on any atom is -0.383 e. The number of hydrogen-bond donors (Lipinski definition) is 1. The SMILES string of the molecule is CCCN=C(N)c1sccc1C. The fourth-order valence-corrected chi connectivity index (χ4v) is 1.79. The van der Waals surface area contributed by atoms with Crippen LogP contribution >= 0.6 is 11.3 Å². The van der Waals surface area contributed by atoms with Gasteiger partial charge in [0.05, 0.1) is 4.88 Å². The van der Waals surface area contributed by atoms with Crippen molar-refractivity contribution in [2.75, 3.05) is 6.54 Å². The van der Waals surface area contributed by atoms with Gasteiger partial charge < -0.3 is 5.73 Å². The van der Waals surface area contributed by atoms with E-state index in [9.17, 15) is 0 Å². The Kier molecular flexibility index (Phi) is 3.29. The molecule has 0 aliphatic carbocycles. The third kappa shape index (κ3) is 2.08. The van der Waals surface area contributed by atoms with Crippen molar-refractivity contribution in [2.24, 2.45) is 10.7 Å². The third-order valence-electron chi connectivity index (χ3n) is 1.60. The van der Waals surface area contributed by atoms with Crippen LogP contribution in [0.4, 0.5) is 0 Å². The highest BCUT2D eigenvalue weighted by atomic mass is 32.1. The Morgan fingerprint density at radius 3 is 2.92 bits per heavy atom. The van der Waals surface area contributed by atoms with Crippen LogP contribution in [-0.2, 0) is 0 Å². The second kappa shape index (κ2) is 4.26. The number of nitrogens with two attached hydrogens (primary N) is 1. The van der Waals surface area contributed by atoms with Gasteiger partial charge in [0.15, 0.2) is 0 Å². The average Bonchev–Trinajstić information content (AvgIpc) is 2.47. The van der Waals surface area contributed by atoms with Crippen molar-refractivity contribution in [1.82, 2.24) is 0 Å². The molecule has 0 aromatic carbocycles. The molecule has 0 aliphatic heterocycles. The number of nitrogens with zero attached hydrogens (tertiary/aromatic N) is 1. The molecule has 1 heterocycles. The fraction of sp³-hybridized carbons (Fsp3) is 0.444. The van der Waals surface area contributed by atoms with Gasteiger partial charge >= 0.3 is 0 Å². The molecule has 0 amide bonds. The van der Waals surface area contributed by atoms with Crippen LogP contribution in [0, 0.1) is 6.92 Å². The van der Waals surface area contributed by atoms with E-state index in [4.69, 9.17) is 5.73 Å². The molecule has 0 radical (unpaired) electrons. The van der Waals surface area contributed by atoms with Crippen molar-refractivity contribution in [1.29, 1.82) is 0 Å². The second-order valence-corrected chi connectivity index (χ2v) is 3.62. The standard InChI is InChI=1S/C9H14N2S/c1-3-5-11-9(10)8-7(2)4-6-12-8/h4,6H,3,5H2,1-2H3,(H2,10,11). The molecular weight excluding hydrogens is 168 g/mol. The molecule has 0 spiro atoms. The molecule has 1 aromatic rings. The number of amidine groups is 1. The van der Waals surface area contributed by atoms with Crippen LogP contribution in [0.5, 0.6) is 0 Å². The largest absolute Gasteiger partial charge is 0.383 e. The zero-order chi connectivity index (χ0) is 8.97. The van der Waals surface area contributed by atoms with E-state index >= 15 is 0 Å². The van der Waals surface area contributed by atoms with Gasteiger partial charge in [-0.25, -0.2) is 0 Å². The minimum absolute atomic E-state index is 0.685.